The highest BCUT2D eigenvalue weighted by molar-refractivity contribution is 5.93. The fourth-order valence-electron chi connectivity index (χ4n) is 3.18. The van der Waals surface area contributed by atoms with Gasteiger partial charge in [-0.15, -0.1) is 0 Å². The molecule has 138 valence electrons. The van der Waals surface area contributed by atoms with Gasteiger partial charge in [-0.3, -0.25) is 9.59 Å². The molecule has 1 unspecified atom stereocenters. The van der Waals surface area contributed by atoms with Gasteiger partial charge in [0.2, 0.25) is 5.91 Å². The van der Waals surface area contributed by atoms with E-state index in [9.17, 15) is 14.0 Å². The number of carbonyl (C=O) groups is 2. The summed E-state index contributed by atoms with van der Waals surface area (Å²) in [6.45, 7) is 1.84. The first-order valence-electron chi connectivity index (χ1n) is 8.54. The lowest BCUT2D eigenvalue weighted by molar-refractivity contribution is -0.120. The van der Waals surface area contributed by atoms with E-state index in [1.165, 1.54) is 12.1 Å². The molecular weight excluding hydrogens is 337 g/mol. The fourth-order valence-corrected chi connectivity index (χ4v) is 3.18. The van der Waals surface area contributed by atoms with Crippen LogP contribution in [0.25, 0.3) is 0 Å². The van der Waals surface area contributed by atoms with Crippen LogP contribution in [0.15, 0.2) is 42.6 Å². The highest BCUT2D eigenvalue weighted by atomic mass is 19.1. The number of aromatic nitrogens is 1. The van der Waals surface area contributed by atoms with Crippen molar-refractivity contribution >= 4 is 11.8 Å². The van der Waals surface area contributed by atoms with Gasteiger partial charge in [0.25, 0.3) is 5.91 Å². The molecule has 2 amide bonds. The summed E-state index contributed by atoms with van der Waals surface area (Å²) >= 11 is 0. The molecule has 1 aromatic heterocycles. The topological polar surface area (TPSA) is 63.6 Å². The van der Waals surface area contributed by atoms with Gasteiger partial charge >= 0.3 is 0 Å². The van der Waals surface area contributed by atoms with E-state index in [2.05, 4.69) is 5.32 Å². The van der Waals surface area contributed by atoms with Crippen LogP contribution in [0, 0.1) is 5.82 Å². The second-order valence-electron chi connectivity index (χ2n) is 6.30. The molecule has 1 aliphatic heterocycles. The average Bonchev–Trinajstić information content (AvgIpc) is 3.08. The van der Waals surface area contributed by atoms with Crippen molar-refractivity contribution in [2.24, 2.45) is 0 Å². The zero-order valence-electron chi connectivity index (χ0n) is 14.7. The molecule has 3 rings (SSSR count). The van der Waals surface area contributed by atoms with Crippen LogP contribution in [-0.4, -0.2) is 54.1 Å². The number of nitrogens with one attached hydrogen (secondary N) is 1. The Kier molecular flexibility index (Phi) is 5.68. The van der Waals surface area contributed by atoms with E-state index in [4.69, 9.17) is 4.74 Å². The normalized spacial score (nSPS) is 16.5. The number of hydrogen-bond donors (Lipinski definition) is 1. The lowest BCUT2D eigenvalue weighted by Gasteiger charge is -2.36. The number of nitrogens with zero attached hydrogens (tertiary/aromatic N) is 2. The molecule has 1 aromatic carbocycles. The molecule has 7 heteroatoms. The summed E-state index contributed by atoms with van der Waals surface area (Å²) in [5.74, 6) is -0.630. The second kappa shape index (κ2) is 8.14. The summed E-state index contributed by atoms with van der Waals surface area (Å²) < 4.78 is 20.2. The Hall–Kier alpha value is -2.67. The Bertz CT molecular complexity index is 790. The Balaban J connectivity index is 1.63. The number of rotatable bonds is 7. The smallest absolute Gasteiger partial charge is 0.270 e. The summed E-state index contributed by atoms with van der Waals surface area (Å²) in [6, 6.07) is 9.46. The molecule has 6 nitrogen and oxygen atoms in total. The second-order valence-corrected chi connectivity index (χ2v) is 6.30. The molecule has 26 heavy (non-hydrogen) atoms. The van der Waals surface area contributed by atoms with Crippen LogP contribution < -0.4 is 5.32 Å². The van der Waals surface area contributed by atoms with Crippen molar-refractivity contribution in [3.63, 3.8) is 0 Å². The van der Waals surface area contributed by atoms with Crippen LogP contribution >= 0.6 is 0 Å². The lowest BCUT2D eigenvalue weighted by atomic mass is 10.1. The van der Waals surface area contributed by atoms with E-state index < -0.39 is 0 Å². The van der Waals surface area contributed by atoms with Crippen molar-refractivity contribution < 1.29 is 18.7 Å². The predicted molar refractivity (Wildman–Crippen MR) is 94.2 cm³/mol. The van der Waals surface area contributed by atoms with Crippen molar-refractivity contribution in [2.45, 2.75) is 19.0 Å². The molecule has 1 aliphatic rings. The van der Waals surface area contributed by atoms with E-state index in [-0.39, 0.29) is 30.1 Å². The molecule has 2 heterocycles. The SMILES string of the molecule is COCCN1C(=O)c2cccn2CC1CNC(=O)Cc1cccc(F)c1. The molecule has 0 saturated carbocycles. The van der Waals surface area contributed by atoms with Crippen LogP contribution in [0.4, 0.5) is 4.39 Å². The maximum absolute atomic E-state index is 13.2. The monoisotopic (exact) mass is 359 g/mol. The van der Waals surface area contributed by atoms with E-state index in [1.807, 2.05) is 16.8 Å². The maximum atomic E-state index is 13.2. The van der Waals surface area contributed by atoms with Gasteiger partial charge in [-0.25, -0.2) is 4.39 Å². The minimum atomic E-state index is -0.362. The molecule has 2 aromatic rings. The highest BCUT2D eigenvalue weighted by Crippen LogP contribution is 2.18. The summed E-state index contributed by atoms with van der Waals surface area (Å²) in [6.07, 6.45) is 1.97. The highest BCUT2D eigenvalue weighted by Gasteiger charge is 2.31. The van der Waals surface area contributed by atoms with Gasteiger partial charge in [-0.1, -0.05) is 12.1 Å². The Morgan fingerprint density at radius 3 is 2.96 bits per heavy atom. The molecular formula is C19H22FN3O3. The number of amides is 2. The van der Waals surface area contributed by atoms with Gasteiger partial charge in [-0.2, -0.15) is 0 Å². The Labute approximate surface area is 151 Å². The molecule has 0 saturated heterocycles. The minimum Gasteiger partial charge on any atom is -0.383 e. The van der Waals surface area contributed by atoms with Gasteiger partial charge in [0, 0.05) is 32.9 Å². The number of hydrogen-bond acceptors (Lipinski definition) is 3. The molecule has 0 radical (unpaired) electrons. The van der Waals surface area contributed by atoms with E-state index >= 15 is 0 Å². The van der Waals surface area contributed by atoms with Crippen molar-refractivity contribution in [2.75, 3.05) is 26.8 Å². The predicted octanol–water partition coefficient (Wildman–Crippen LogP) is 1.46. The van der Waals surface area contributed by atoms with E-state index in [0.29, 0.717) is 37.5 Å². The van der Waals surface area contributed by atoms with Gasteiger partial charge in [0.1, 0.15) is 11.5 Å². The molecule has 1 N–H and O–H groups in total. The number of halogens is 1. The van der Waals surface area contributed by atoms with Crippen molar-refractivity contribution in [3.8, 4) is 0 Å². The number of carbonyl (C=O) groups excluding carboxylic acids is 2. The van der Waals surface area contributed by atoms with Crippen LogP contribution in [0.5, 0.6) is 0 Å². The van der Waals surface area contributed by atoms with Gasteiger partial charge in [0.05, 0.1) is 19.1 Å². The standard InChI is InChI=1S/C19H22FN3O3/c1-26-9-8-23-16(13-22-7-3-6-17(22)19(23)25)12-21-18(24)11-14-4-2-5-15(20)10-14/h2-7,10,16H,8-9,11-13H2,1H3,(H,21,24). The summed E-state index contributed by atoms with van der Waals surface area (Å²) in [5, 5.41) is 2.86. The van der Waals surface area contributed by atoms with Crippen molar-refractivity contribution in [1.29, 1.82) is 0 Å². The zero-order valence-corrected chi connectivity index (χ0v) is 14.7. The lowest BCUT2D eigenvalue weighted by Crippen LogP contribution is -2.53. The molecule has 0 aliphatic carbocycles. The van der Waals surface area contributed by atoms with Gasteiger partial charge < -0.3 is 19.5 Å². The van der Waals surface area contributed by atoms with E-state index in [0.717, 1.165) is 0 Å². The summed E-state index contributed by atoms with van der Waals surface area (Å²) in [4.78, 5) is 26.6. The van der Waals surface area contributed by atoms with Crippen molar-refractivity contribution in [1.82, 2.24) is 14.8 Å². The first-order valence-corrected chi connectivity index (χ1v) is 8.54. The van der Waals surface area contributed by atoms with E-state index in [1.54, 1.807) is 30.2 Å². The first-order chi connectivity index (χ1) is 12.6. The Morgan fingerprint density at radius 1 is 1.35 bits per heavy atom. The van der Waals surface area contributed by atoms with Crippen LogP contribution in [0.3, 0.4) is 0 Å². The molecule has 0 fully saturated rings. The van der Waals surface area contributed by atoms with Gasteiger partial charge in [0.15, 0.2) is 0 Å². The summed E-state index contributed by atoms with van der Waals surface area (Å²) in [7, 11) is 1.59. The van der Waals surface area contributed by atoms with Crippen molar-refractivity contribution in [3.05, 3.63) is 59.7 Å². The third kappa shape index (κ3) is 4.11. The van der Waals surface area contributed by atoms with Crippen LogP contribution in [0.1, 0.15) is 16.1 Å². The molecule has 0 spiro atoms. The quantitative estimate of drug-likeness (QED) is 0.814. The fraction of sp³-hybridized carbons (Fsp3) is 0.368. The number of ether oxygens (including phenoxy) is 1. The first kappa shape index (κ1) is 18.1. The third-order valence-corrected chi connectivity index (χ3v) is 4.48. The van der Waals surface area contributed by atoms with Crippen LogP contribution in [-0.2, 0) is 22.5 Å². The average molecular weight is 359 g/mol. The largest absolute Gasteiger partial charge is 0.383 e. The van der Waals surface area contributed by atoms with Gasteiger partial charge in [-0.05, 0) is 29.8 Å². The Morgan fingerprint density at radius 2 is 2.19 bits per heavy atom. The minimum absolute atomic E-state index is 0.0670. The summed E-state index contributed by atoms with van der Waals surface area (Å²) in [5.41, 5.74) is 1.26. The number of methoxy groups -OCH3 is 1. The third-order valence-electron chi connectivity index (χ3n) is 4.48. The zero-order chi connectivity index (χ0) is 18.5. The number of benzene rings is 1. The van der Waals surface area contributed by atoms with Crippen LogP contribution in [0.2, 0.25) is 0 Å². The number of fused-ring (bicyclic) bond motifs is 1. The maximum Gasteiger partial charge on any atom is 0.270 e. The molecule has 0 bridgehead atoms. The molecule has 1 atom stereocenters.